The van der Waals surface area contributed by atoms with Crippen molar-refractivity contribution in [2.24, 2.45) is 5.73 Å². The Morgan fingerprint density at radius 2 is 1.94 bits per heavy atom. The quantitative estimate of drug-likeness (QED) is 0.813. The van der Waals surface area contributed by atoms with Gasteiger partial charge in [0, 0.05) is 0 Å². The van der Waals surface area contributed by atoms with Gasteiger partial charge in [-0.15, -0.1) is 0 Å². The van der Waals surface area contributed by atoms with Crippen LogP contribution in [0.1, 0.15) is 19.4 Å². The van der Waals surface area contributed by atoms with Crippen molar-refractivity contribution in [3.63, 3.8) is 0 Å². The molecule has 2 N–H and O–H groups in total. The first kappa shape index (κ1) is 15.0. The molecule has 4 nitrogen and oxygen atoms in total. The highest BCUT2D eigenvalue weighted by molar-refractivity contribution is 7.91. The summed E-state index contributed by atoms with van der Waals surface area (Å²) >= 11 is 0. The van der Waals surface area contributed by atoms with Crippen molar-refractivity contribution < 1.29 is 13.2 Å². The highest BCUT2D eigenvalue weighted by atomic mass is 32.2. The molecular weight excluding hydrogens is 250 g/mol. The zero-order valence-corrected chi connectivity index (χ0v) is 11.7. The van der Waals surface area contributed by atoms with Crippen LogP contribution >= 0.6 is 0 Å². The van der Waals surface area contributed by atoms with Crippen LogP contribution in [-0.2, 0) is 16.3 Å². The topological polar surface area (TPSA) is 69.4 Å². The minimum absolute atomic E-state index is 0.0433. The molecule has 18 heavy (non-hydrogen) atoms. The highest BCUT2D eigenvalue weighted by Gasteiger charge is 2.16. The molecule has 0 unspecified atom stereocenters. The van der Waals surface area contributed by atoms with Gasteiger partial charge in [0.25, 0.3) is 0 Å². The van der Waals surface area contributed by atoms with Crippen LogP contribution in [0.25, 0.3) is 0 Å². The lowest BCUT2D eigenvalue weighted by molar-refractivity contribution is 0.337. The third kappa shape index (κ3) is 4.31. The molecule has 102 valence electrons. The maximum atomic E-state index is 11.6. The smallest absolute Gasteiger partial charge is 0.155 e. The summed E-state index contributed by atoms with van der Waals surface area (Å²) in [6.45, 7) is 4.09. The summed E-state index contributed by atoms with van der Waals surface area (Å²) in [6.07, 6.45) is 0.729. The first-order valence-electron chi connectivity index (χ1n) is 6.09. The van der Waals surface area contributed by atoms with Crippen LogP contribution in [0.3, 0.4) is 0 Å². The average molecular weight is 271 g/mol. The standard InChI is InChI=1S/C13H21NO3S/c1-11(2)18(15,16)10-9-17-13-6-4-3-5-12(13)7-8-14/h3-6,11H,7-10,14H2,1-2H3. The number of ether oxygens (including phenoxy) is 1. The molecule has 0 radical (unpaired) electrons. The highest BCUT2D eigenvalue weighted by Crippen LogP contribution is 2.18. The summed E-state index contributed by atoms with van der Waals surface area (Å²) in [5, 5.41) is -0.361. The van der Waals surface area contributed by atoms with Crippen LogP contribution < -0.4 is 10.5 Å². The fourth-order valence-electron chi connectivity index (χ4n) is 1.51. The molecule has 5 heteroatoms. The van der Waals surface area contributed by atoms with E-state index in [-0.39, 0.29) is 17.6 Å². The molecule has 0 spiro atoms. The molecule has 0 fully saturated rings. The van der Waals surface area contributed by atoms with Crippen molar-refractivity contribution in [3.05, 3.63) is 29.8 Å². The number of benzene rings is 1. The van der Waals surface area contributed by atoms with Gasteiger partial charge < -0.3 is 10.5 Å². The second-order valence-corrected chi connectivity index (χ2v) is 7.09. The van der Waals surface area contributed by atoms with Crippen molar-refractivity contribution >= 4 is 9.84 Å². The predicted molar refractivity (Wildman–Crippen MR) is 73.6 cm³/mol. The first-order chi connectivity index (χ1) is 8.47. The van der Waals surface area contributed by atoms with Crippen molar-refractivity contribution in [2.45, 2.75) is 25.5 Å². The number of hydrogen-bond donors (Lipinski definition) is 1. The molecular formula is C13H21NO3S. The molecule has 0 atom stereocenters. The molecule has 0 saturated heterocycles. The normalized spacial score (nSPS) is 11.8. The van der Waals surface area contributed by atoms with Gasteiger partial charge in [-0.25, -0.2) is 8.42 Å². The van der Waals surface area contributed by atoms with E-state index in [4.69, 9.17) is 10.5 Å². The van der Waals surface area contributed by atoms with E-state index in [0.29, 0.717) is 6.54 Å². The monoisotopic (exact) mass is 271 g/mol. The number of hydrogen-bond acceptors (Lipinski definition) is 4. The van der Waals surface area contributed by atoms with Crippen LogP contribution in [0.4, 0.5) is 0 Å². The number of rotatable bonds is 7. The lowest BCUT2D eigenvalue weighted by Crippen LogP contribution is -2.22. The maximum absolute atomic E-state index is 11.6. The Bertz CT molecular complexity index is 469. The summed E-state index contributed by atoms with van der Waals surface area (Å²) in [6, 6.07) is 7.57. The van der Waals surface area contributed by atoms with E-state index in [1.54, 1.807) is 13.8 Å². The van der Waals surface area contributed by atoms with Crippen LogP contribution in [0.15, 0.2) is 24.3 Å². The van der Waals surface area contributed by atoms with E-state index in [9.17, 15) is 8.42 Å². The molecule has 0 aliphatic carbocycles. The second kappa shape index (κ2) is 6.75. The van der Waals surface area contributed by atoms with E-state index < -0.39 is 9.84 Å². The Morgan fingerprint density at radius 1 is 1.28 bits per heavy atom. The Kier molecular flexibility index (Phi) is 5.62. The van der Waals surface area contributed by atoms with Gasteiger partial charge in [0.1, 0.15) is 12.4 Å². The minimum Gasteiger partial charge on any atom is -0.492 e. The van der Waals surface area contributed by atoms with Gasteiger partial charge in [0.2, 0.25) is 0 Å². The summed E-state index contributed by atoms with van der Waals surface area (Å²) in [5.41, 5.74) is 6.53. The Balaban J connectivity index is 2.59. The summed E-state index contributed by atoms with van der Waals surface area (Å²) in [7, 11) is -3.04. The third-order valence-corrected chi connectivity index (χ3v) is 4.90. The van der Waals surface area contributed by atoms with Gasteiger partial charge in [-0.2, -0.15) is 0 Å². The van der Waals surface area contributed by atoms with E-state index in [1.165, 1.54) is 0 Å². The first-order valence-corrected chi connectivity index (χ1v) is 7.81. The van der Waals surface area contributed by atoms with E-state index >= 15 is 0 Å². The largest absolute Gasteiger partial charge is 0.492 e. The van der Waals surface area contributed by atoms with Crippen LogP contribution in [-0.4, -0.2) is 32.6 Å². The molecule has 0 bridgehead atoms. The maximum Gasteiger partial charge on any atom is 0.155 e. The fourth-order valence-corrected chi connectivity index (χ4v) is 2.30. The summed E-state index contributed by atoms with van der Waals surface area (Å²) in [4.78, 5) is 0. The van der Waals surface area contributed by atoms with Gasteiger partial charge in [-0.05, 0) is 38.4 Å². The lowest BCUT2D eigenvalue weighted by atomic mass is 10.1. The Hall–Kier alpha value is -1.07. The van der Waals surface area contributed by atoms with Crippen LogP contribution in [0.2, 0.25) is 0 Å². The van der Waals surface area contributed by atoms with Gasteiger partial charge in [0.15, 0.2) is 9.84 Å². The van der Waals surface area contributed by atoms with E-state index in [2.05, 4.69) is 0 Å². The molecule has 1 aromatic rings. The van der Waals surface area contributed by atoms with Crippen molar-refractivity contribution in [2.75, 3.05) is 18.9 Å². The SMILES string of the molecule is CC(C)S(=O)(=O)CCOc1ccccc1CCN. The molecule has 0 amide bonds. The summed E-state index contributed by atoms with van der Waals surface area (Å²) in [5.74, 6) is 0.767. The predicted octanol–water partition coefficient (Wildman–Crippen LogP) is 1.39. The zero-order valence-electron chi connectivity index (χ0n) is 10.9. The lowest BCUT2D eigenvalue weighted by Gasteiger charge is -2.12. The van der Waals surface area contributed by atoms with Crippen LogP contribution in [0.5, 0.6) is 5.75 Å². The van der Waals surface area contributed by atoms with E-state index in [1.807, 2.05) is 24.3 Å². The van der Waals surface area contributed by atoms with Crippen molar-refractivity contribution in [3.8, 4) is 5.75 Å². The van der Waals surface area contributed by atoms with Gasteiger partial charge >= 0.3 is 0 Å². The zero-order chi connectivity index (χ0) is 13.6. The van der Waals surface area contributed by atoms with Gasteiger partial charge in [0.05, 0.1) is 11.0 Å². The number of sulfone groups is 1. The minimum atomic E-state index is -3.04. The fraction of sp³-hybridized carbons (Fsp3) is 0.538. The van der Waals surface area contributed by atoms with Gasteiger partial charge in [-0.1, -0.05) is 18.2 Å². The van der Waals surface area contributed by atoms with Crippen molar-refractivity contribution in [1.29, 1.82) is 0 Å². The van der Waals surface area contributed by atoms with E-state index in [0.717, 1.165) is 17.7 Å². The Labute approximate surface area is 109 Å². The summed E-state index contributed by atoms with van der Waals surface area (Å²) < 4.78 is 28.8. The molecule has 0 aliphatic rings. The molecule has 1 rings (SSSR count). The molecule has 1 aromatic carbocycles. The number of para-hydroxylation sites is 1. The second-order valence-electron chi connectivity index (χ2n) is 4.41. The molecule has 0 saturated carbocycles. The van der Waals surface area contributed by atoms with Crippen molar-refractivity contribution in [1.82, 2.24) is 0 Å². The van der Waals surface area contributed by atoms with Crippen LogP contribution in [0, 0.1) is 0 Å². The third-order valence-electron chi connectivity index (χ3n) is 2.73. The average Bonchev–Trinajstić information content (AvgIpc) is 2.31. The molecule has 0 aromatic heterocycles. The number of nitrogens with two attached hydrogens (primary N) is 1. The molecule has 0 aliphatic heterocycles. The molecule has 0 heterocycles. The van der Waals surface area contributed by atoms with Gasteiger partial charge in [-0.3, -0.25) is 0 Å². The Morgan fingerprint density at radius 3 is 2.56 bits per heavy atom.